The van der Waals surface area contributed by atoms with Gasteiger partial charge in [0.1, 0.15) is 5.82 Å². The molecule has 1 aromatic heterocycles. The van der Waals surface area contributed by atoms with Crippen molar-refractivity contribution in [1.29, 1.82) is 0 Å². The van der Waals surface area contributed by atoms with Gasteiger partial charge in [0.15, 0.2) is 0 Å². The van der Waals surface area contributed by atoms with Gasteiger partial charge in [0.25, 0.3) is 0 Å². The van der Waals surface area contributed by atoms with Crippen LogP contribution in [-0.4, -0.2) is 51.0 Å². The van der Waals surface area contributed by atoms with E-state index in [0.717, 1.165) is 25.5 Å². The molecule has 0 aromatic carbocycles. The summed E-state index contributed by atoms with van der Waals surface area (Å²) < 4.78 is 2.14. The molecule has 1 aliphatic rings. The summed E-state index contributed by atoms with van der Waals surface area (Å²) in [5, 5.41) is 18.5. The second-order valence-electron chi connectivity index (χ2n) is 4.87. The maximum absolute atomic E-state index is 9.26. The summed E-state index contributed by atoms with van der Waals surface area (Å²) in [7, 11) is 0. The molecule has 0 aliphatic carbocycles. The highest BCUT2D eigenvalue weighted by Gasteiger charge is 2.27. The Morgan fingerprint density at radius 3 is 2.81 bits per heavy atom. The van der Waals surface area contributed by atoms with Crippen molar-refractivity contribution in [3.8, 4) is 0 Å². The molecule has 0 amide bonds. The SMILES string of the molecule is CC(CO)(CO)CN1CCn2ccnc2C1. The first-order valence-electron chi connectivity index (χ1n) is 5.61. The van der Waals surface area contributed by atoms with Crippen molar-refractivity contribution in [3.05, 3.63) is 18.2 Å². The van der Waals surface area contributed by atoms with E-state index < -0.39 is 5.41 Å². The maximum atomic E-state index is 9.26. The van der Waals surface area contributed by atoms with Gasteiger partial charge in [-0.05, 0) is 0 Å². The lowest BCUT2D eigenvalue weighted by Crippen LogP contribution is -2.44. The van der Waals surface area contributed by atoms with Gasteiger partial charge in [-0.2, -0.15) is 0 Å². The lowest BCUT2D eigenvalue weighted by Gasteiger charge is -2.35. The maximum Gasteiger partial charge on any atom is 0.122 e. The minimum atomic E-state index is -0.422. The number of aromatic nitrogens is 2. The Morgan fingerprint density at radius 2 is 2.12 bits per heavy atom. The number of hydrogen-bond acceptors (Lipinski definition) is 4. The summed E-state index contributed by atoms with van der Waals surface area (Å²) in [6, 6.07) is 0. The van der Waals surface area contributed by atoms with Crippen molar-refractivity contribution in [3.63, 3.8) is 0 Å². The molecule has 0 saturated heterocycles. The van der Waals surface area contributed by atoms with Crippen LogP contribution >= 0.6 is 0 Å². The molecule has 5 nitrogen and oxygen atoms in total. The zero-order chi connectivity index (χ0) is 11.6. The highest BCUT2D eigenvalue weighted by molar-refractivity contribution is 4.96. The number of hydrogen-bond donors (Lipinski definition) is 2. The second kappa shape index (κ2) is 4.53. The quantitative estimate of drug-likeness (QED) is 0.738. The molecule has 1 aromatic rings. The first kappa shape index (κ1) is 11.6. The molecule has 0 atom stereocenters. The summed E-state index contributed by atoms with van der Waals surface area (Å²) in [5.41, 5.74) is -0.422. The minimum absolute atomic E-state index is 0.00837. The molecule has 5 heteroatoms. The number of imidazole rings is 1. The molecule has 16 heavy (non-hydrogen) atoms. The molecule has 1 aliphatic heterocycles. The predicted octanol–water partition coefficient (Wildman–Crippen LogP) is -0.310. The molecular weight excluding hydrogens is 206 g/mol. The monoisotopic (exact) mass is 225 g/mol. The number of rotatable bonds is 4. The van der Waals surface area contributed by atoms with Gasteiger partial charge >= 0.3 is 0 Å². The molecule has 0 radical (unpaired) electrons. The molecule has 0 saturated carbocycles. The van der Waals surface area contributed by atoms with Gasteiger partial charge in [-0.25, -0.2) is 4.98 Å². The summed E-state index contributed by atoms with van der Waals surface area (Å²) >= 11 is 0. The van der Waals surface area contributed by atoms with E-state index in [1.165, 1.54) is 0 Å². The topological polar surface area (TPSA) is 61.5 Å². The van der Waals surface area contributed by atoms with E-state index in [-0.39, 0.29) is 13.2 Å². The average Bonchev–Trinajstić information content (AvgIpc) is 2.76. The fourth-order valence-electron chi connectivity index (χ4n) is 2.05. The van der Waals surface area contributed by atoms with Crippen molar-refractivity contribution in [1.82, 2.24) is 14.5 Å². The number of aliphatic hydroxyl groups is 2. The zero-order valence-electron chi connectivity index (χ0n) is 9.63. The van der Waals surface area contributed by atoms with Crippen molar-refractivity contribution >= 4 is 0 Å². The van der Waals surface area contributed by atoms with Crippen LogP contribution in [0.5, 0.6) is 0 Å². The summed E-state index contributed by atoms with van der Waals surface area (Å²) in [6.45, 7) is 5.29. The Morgan fingerprint density at radius 1 is 1.38 bits per heavy atom. The Balaban J connectivity index is 1.99. The zero-order valence-corrected chi connectivity index (χ0v) is 9.63. The molecule has 2 N–H and O–H groups in total. The van der Waals surface area contributed by atoms with Crippen LogP contribution in [0.1, 0.15) is 12.7 Å². The normalized spacial score (nSPS) is 17.4. The van der Waals surface area contributed by atoms with Gasteiger partial charge in [0, 0.05) is 37.4 Å². The smallest absolute Gasteiger partial charge is 0.122 e. The molecule has 0 unspecified atom stereocenters. The van der Waals surface area contributed by atoms with E-state index in [1.54, 1.807) is 0 Å². The summed E-state index contributed by atoms with van der Waals surface area (Å²) in [4.78, 5) is 6.52. The summed E-state index contributed by atoms with van der Waals surface area (Å²) in [6.07, 6.45) is 3.81. The van der Waals surface area contributed by atoms with E-state index in [1.807, 2.05) is 19.3 Å². The summed E-state index contributed by atoms with van der Waals surface area (Å²) in [5.74, 6) is 1.06. The van der Waals surface area contributed by atoms with Gasteiger partial charge in [0.05, 0.1) is 19.8 Å². The molecular formula is C11H19N3O2. The molecule has 90 valence electrons. The van der Waals surface area contributed by atoms with Crippen LogP contribution in [0, 0.1) is 5.41 Å². The van der Waals surface area contributed by atoms with E-state index in [2.05, 4.69) is 14.5 Å². The van der Waals surface area contributed by atoms with Crippen molar-refractivity contribution in [2.24, 2.45) is 5.41 Å². The third-order valence-electron chi connectivity index (χ3n) is 3.19. The van der Waals surface area contributed by atoms with Crippen LogP contribution in [0.4, 0.5) is 0 Å². The first-order valence-corrected chi connectivity index (χ1v) is 5.61. The van der Waals surface area contributed by atoms with Crippen molar-refractivity contribution in [2.75, 3.05) is 26.3 Å². The fraction of sp³-hybridized carbons (Fsp3) is 0.727. The van der Waals surface area contributed by atoms with Gasteiger partial charge in [0.2, 0.25) is 0 Å². The van der Waals surface area contributed by atoms with Crippen LogP contribution in [-0.2, 0) is 13.1 Å². The second-order valence-corrected chi connectivity index (χ2v) is 4.87. The van der Waals surface area contributed by atoms with Crippen molar-refractivity contribution < 1.29 is 10.2 Å². The predicted molar refractivity (Wildman–Crippen MR) is 59.8 cm³/mol. The third-order valence-corrected chi connectivity index (χ3v) is 3.19. The van der Waals surface area contributed by atoms with E-state index in [4.69, 9.17) is 0 Å². The Kier molecular flexibility index (Phi) is 3.28. The number of fused-ring (bicyclic) bond motifs is 1. The van der Waals surface area contributed by atoms with Crippen LogP contribution in [0.2, 0.25) is 0 Å². The van der Waals surface area contributed by atoms with Crippen LogP contribution < -0.4 is 0 Å². The van der Waals surface area contributed by atoms with E-state index in [9.17, 15) is 10.2 Å². The van der Waals surface area contributed by atoms with Crippen molar-refractivity contribution in [2.45, 2.75) is 20.0 Å². The van der Waals surface area contributed by atoms with E-state index >= 15 is 0 Å². The van der Waals surface area contributed by atoms with Gasteiger partial charge in [-0.3, -0.25) is 4.90 Å². The van der Waals surface area contributed by atoms with Gasteiger partial charge in [-0.15, -0.1) is 0 Å². The Labute approximate surface area is 95.3 Å². The lowest BCUT2D eigenvalue weighted by atomic mass is 9.92. The number of aliphatic hydroxyl groups excluding tert-OH is 2. The largest absolute Gasteiger partial charge is 0.396 e. The average molecular weight is 225 g/mol. The lowest BCUT2D eigenvalue weighted by molar-refractivity contribution is 0.0269. The van der Waals surface area contributed by atoms with Crippen LogP contribution in [0.25, 0.3) is 0 Å². The molecule has 2 rings (SSSR count). The first-order chi connectivity index (χ1) is 7.67. The molecule has 0 fully saturated rings. The molecule has 2 heterocycles. The van der Waals surface area contributed by atoms with Crippen LogP contribution in [0.3, 0.4) is 0 Å². The highest BCUT2D eigenvalue weighted by atomic mass is 16.3. The molecule has 0 bridgehead atoms. The van der Waals surface area contributed by atoms with Gasteiger partial charge in [-0.1, -0.05) is 6.92 Å². The van der Waals surface area contributed by atoms with Crippen LogP contribution in [0.15, 0.2) is 12.4 Å². The number of nitrogens with zero attached hydrogens (tertiary/aromatic N) is 3. The third kappa shape index (κ3) is 2.26. The molecule has 0 spiro atoms. The Bertz CT molecular complexity index is 347. The van der Waals surface area contributed by atoms with E-state index in [0.29, 0.717) is 6.54 Å². The Hall–Kier alpha value is -0.910. The standard InChI is InChI=1S/C11H19N3O2/c1-11(8-15,9-16)7-13-4-5-14-3-2-12-10(14)6-13/h2-3,15-16H,4-9H2,1H3. The highest BCUT2D eigenvalue weighted by Crippen LogP contribution is 2.19. The minimum Gasteiger partial charge on any atom is -0.396 e. The fourth-order valence-corrected chi connectivity index (χ4v) is 2.05. The van der Waals surface area contributed by atoms with Gasteiger partial charge < -0.3 is 14.8 Å².